The number of carbonyl (C=O) groups is 2. The molecule has 0 aliphatic carbocycles. The van der Waals surface area contributed by atoms with Crippen molar-refractivity contribution >= 4 is 23.3 Å². The van der Waals surface area contributed by atoms with Gasteiger partial charge in [-0.1, -0.05) is 0 Å². The zero-order valence-corrected chi connectivity index (χ0v) is 11.6. The molecule has 0 unspecified atom stereocenters. The Labute approximate surface area is 125 Å². The van der Waals surface area contributed by atoms with Crippen LogP contribution in [0.1, 0.15) is 26.3 Å². The van der Waals surface area contributed by atoms with Crippen molar-refractivity contribution in [2.75, 3.05) is 11.2 Å². The number of nitrogen functional groups attached to an aromatic ring is 1. The van der Waals surface area contributed by atoms with Gasteiger partial charge in [-0.25, -0.2) is 19.5 Å². The van der Waals surface area contributed by atoms with Crippen LogP contribution in [0.3, 0.4) is 0 Å². The molecule has 2 aromatic carbocycles. The minimum Gasteiger partial charge on any atom is -0.478 e. The summed E-state index contributed by atoms with van der Waals surface area (Å²) in [6.07, 6.45) is 0. The Morgan fingerprint density at radius 1 is 1.23 bits per heavy atom. The third-order valence-electron chi connectivity index (χ3n) is 2.96. The van der Waals surface area contributed by atoms with Gasteiger partial charge < -0.3 is 15.7 Å². The van der Waals surface area contributed by atoms with E-state index < -0.39 is 17.8 Å². The highest BCUT2D eigenvalue weighted by atomic mass is 19.1. The van der Waals surface area contributed by atoms with Crippen molar-refractivity contribution in [1.82, 2.24) is 0 Å². The van der Waals surface area contributed by atoms with Gasteiger partial charge in [0.25, 0.3) is 0 Å². The predicted molar refractivity (Wildman–Crippen MR) is 78.0 cm³/mol. The van der Waals surface area contributed by atoms with E-state index in [1.54, 1.807) is 6.92 Å². The van der Waals surface area contributed by atoms with Crippen LogP contribution in [0.2, 0.25) is 0 Å². The van der Waals surface area contributed by atoms with Gasteiger partial charge >= 0.3 is 11.9 Å². The van der Waals surface area contributed by atoms with Gasteiger partial charge in [0.15, 0.2) is 0 Å². The lowest BCUT2D eigenvalue weighted by Crippen LogP contribution is -2.13. The number of nitrogens with one attached hydrogen (secondary N) is 1. The number of carbonyl (C=O) groups excluding carboxylic acids is 1. The molecule has 114 valence electrons. The van der Waals surface area contributed by atoms with Gasteiger partial charge in [0, 0.05) is 0 Å². The summed E-state index contributed by atoms with van der Waals surface area (Å²) < 4.78 is 13.4. The maximum absolute atomic E-state index is 13.4. The van der Waals surface area contributed by atoms with E-state index in [-0.39, 0.29) is 16.8 Å². The maximum Gasteiger partial charge on any atom is 0.363 e. The lowest BCUT2D eigenvalue weighted by atomic mass is 10.1. The quantitative estimate of drug-likeness (QED) is 0.593. The highest BCUT2D eigenvalue weighted by Gasteiger charge is 2.14. The van der Waals surface area contributed by atoms with Crippen LogP contribution in [-0.4, -0.2) is 17.0 Å². The SMILES string of the molecule is Cc1cc(N)c(F)cc1C(=O)ONc1ccc(C(=O)O)cc1. The van der Waals surface area contributed by atoms with Gasteiger partial charge in [-0.05, 0) is 48.9 Å². The van der Waals surface area contributed by atoms with Crippen molar-refractivity contribution in [3.63, 3.8) is 0 Å². The highest BCUT2D eigenvalue weighted by Crippen LogP contribution is 2.18. The van der Waals surface area contributed by atoms with Gasteiger partial charge in [-0.15, -0.1) is 0 Å². The van der Waals surface area contributed by atoms with Gasteiger partial charge in [-0.2, -0.15) is 0 Å². The van der Waals surface area contributed by atoms with E-state index >= 15 is 0 Å². The average Bonchev–Trinajstić information content (AvgIpc) is 2.49. The Morgan fingerprint density at radius 2 is 1.86 bits per heavy atom. The second kappa shape index (κ2) is 6.13. The standard InChI is InChI=1S/C15H13FN2O4/c1-8-6-13(17)12(16)7-11(8)15(21)22-18-10-4-2-9(3-5-10)14(19)20/h2-7,18H,17H2,1H3,(H,19,20). The van der Waals surface area contributed by atoms with Crippen LogP contribution in [-0.2, 0) is 4.84 Å². The summed E-state index contributed by atoms with van der Waals surface area (Å²) in [4.78, 5) is 27.4. The first-order valence-electron chi connectivity index (χ1n) is 6.24. The van der Waals surface area contributed by atoms with Crippen LogP contribution >= 0.6 is 0 Å². The van der Waals surface area contributed by atoms with E-state index in [2.05, 4.69) is 5.48 Å². The van der Waals surface area contributed by atoms with Crippen LogP contribution in [0.25, 0.3) is 0 Å². The number of benzene rings is 2. The van der Waals surface area contributed by atoms with Crippen molar-refractivity contribution in [2.45, 2.75) is 6.92 Å². The molecule has 0 amide bonds. The Hall–Kier alpha value is -3.09. The molecule has 0 bridgehead atoms. The molecule has 6 nitrogen and oxygen atoms in total. The second-order valence-corrected chi connectivity index (χ2v) is 4.56. The molecule has 0 spiro atoms. The first kappa shape index (κ1) is 15.3. The third-order valence-corrected chi connectivity index (χ3v) is 2.96. The number of hydrogen-bond acceptors (Lipinski definition) is 5. The van der Waals surface area contributed by atoms with E-state index in [1.165, 1.54) is 30.3 Å². The zero-order chi connectivity index (χ0) is 16.3. The molecule has 0 aliphatic heterocycles. The normalized spacial score (nSPS) is 10.1. The molecule has 0 saturated heterocycles. The van der Waals surface area contributed by atoms with E-state index in [0.717, 1.165) is 6.07 Å². The van der Waals surface area contributed by atoms with Gasteiger partial charge in [0.2, 0.25) is 0 Å². The summed E-state index contributed by atoms with van der Waals surface area (Å²) in [5.41, 5.74) is 8.73. The monoisotopic (exact) mass is 304 g/mol. The number of halogens is 1. The molecule has 0 aromatic heterocycles. The summed E-state index contributed by atoms with van der Waals surface area (Å²) in [7, 11) is 0. The van der Waals surface area contributed by atoms with Crippen LogP contribution < -0.4 is 11.2 Å². The van der Waals surface area contributed by atoms with Crippen molar-refractivity contribution in [3.05, 3.63) is 58.9 Å². The molecule has 2 rings (SSSR count). The number of anilines is 2. The molecule has 2 aromatic rings. The van der Waals surface area contributed by atoms with Gasteiger partial charge in [0.05, 0.1) is 22.5 Å². The minimum atomic E-state index is -1.06. The van der Waals surface area contributed by atoms with E-state index in [1.807, 2.05) is 0 Å². The number of hydrogen-bond donors (Lipinski definition) is 3. The highest BCUT2D eigenvalue weighted by molar-refractivity contribution is 5.92. The minimum absolute atomic E-state index is 0.0429. The van der Waals surface area contributed by atoms with E-state index in [0.29, 0.717) is 11.3 Å². The molecular formula is C15H13FN2O4. The van der Waals surface area contributed by atoms with Gasteiger partial charge in [-0.3, -0.25) is 0 Å². The smallest absolute Gasteiger partial charge is 0.363 e. The van der Waals surface area contributed by atoms with E-state index in [9.17, 15) is 14.0 Å². The van der Waals surface area contributed by atoms with Crippen molar-refractivity contribution in [3.8, 4) is 0 Å². The summed E-state index contributed by atoms with van der Waals surface area (Å²) in [5, 5.41) is 8.77. The van der Waals surface area contributed by atoms with Crippen molar-refractivity contribution in [2.24, 2.45) is 0 Å². The largest absolute Gasteiger partial charge is 0.478 e. The number of aromatic carboxylic acids is 1. The summed E-state index contributed by atoms with van der Waals surface area (Å²) in [5.74, 6) is -2.54. The lowest BCUT2D eigenvalue weighted by Gasteiger charge is -2.09. The molecule has 0 radical (unpaired) electrons. The first-order chi connectivity index (χ1) is 10.4. The number of carboxylic acid groups (broad SMARTS) is 1. The Kier molecular flexibility index (Phi) is 4.26. The van der Waals surface area contributed by atoms with E-state index in [4.69, 9.17) is 15.7 Å². The van der Waals surface area contributed by atoms with Crippen LogP contribution in [0.4, 0.5) is 15.8 Å². The number of rotatable bonds is 4. The molecule has 0 aliphatic rings. The summed E-state index contributed by atoms with van der Waals surface area (Å²) in [6, 6.07) is 7.93. The molecule has 0 fully saturated rings. The summed E-state index contributed by atoms with van der Waals surface area (Å²) >= 11 is 0. The second-order valence-electron chi connectivity index (χ2n) is 4.56. The Balaban J connectivity index is 2.07. The van der Waals surface area contributed by atoms with Crippen LogP contribution in [0, 0.1) is 12.7 Å². The third kappa shape index (κ3) is 3.32. The summed E-state index contributed by atoms with van der Waals surface area (Å²) in [6.45, 7) is 1.61. The number of aryl methyl sites for hydroxylation is 1. The molecule has 0 atom stereocenters. The predicted octanol–water partition coefficient (Wildman–Crippen LogP) is 2.60. The molecule has 7 heteroatoms. The van der Waals surface area contributed by atoms with Crippen LogP contribution in [0.5, 0.6) is 0 Å². The van der Waals surface area contributed by atoms with Crippen molar-refractivity contribution in [1.29, 1.82) is 0 Å². The number of nitrogens with two attached hydrogens (primary N) is 1. The topological polar surface area (TPSA) is 102 Å². The zero-order valence-electron chi connectivity index (χ0n) is 11.6. The number of carboxylic acids is 1. The average molecular weight is 304 g/mol. The Bertz CT molecular complexity index is 729. The maximum atomic E-state index is 13.4. The first-order valence-corrected chi connectivity index (χ1v) is 6.24. The molecule has 0 heterocycles. The van der Waals surface area contributed by atoms with Crippen LogP contribution in [0.15, 0.2) is 36.4 Å². The van der Waals surface area contributed by atoms with Gasteiger partial charge in [0.1, 0.15) is 5.82 Å². The fraction of sp³-hybridized carbons (Fsp3) is 0.0667. The molecule has 0 saturated carbocycles. The molecule has 22 heavy (non-hydrogen) atoms. The fourth-order valence-corrected chi connectivity index (χ4v) is 1.76. The molecular weight excluding hydrogens is 291 g/mol. The Morgan fingerprint density at radius 3 is 2.45 bits per heavy atom. The van der Waals surface area contributed by atoms with Crippen molar-refractivity contribution < 1.29 is 23.9 Å². The fourth-order valence-electron chi connectivity index (χ4n) is 1.76. The lowest BCUT2D eigenvalue weighted by molar-refractivity contribution is 0.0593. The molecule has 4 N–H and O–H groups in total.